The van der Waals surface area contributed by atoms with Gasteiger partial charge in [0.05, 0.1) is 0 Å². The van der Waals surface area contributed by atoms with Crippen molar-refractivity contribution in [3.63, 3.8) is 0 Å². The van der Waals surface area contributed by atoms with Crippen molar-refractivity contribution in [2.24, 2.45) is 0 Å². The average Bonchev–Trinajstić information content (AvgIpc) is 2.43. The lowest BCUT2D eigenvalue weighted by Gasteiger charge is -2.20. The van der Waals surface area contributed by atoms with Crippen LogP contribution >= 0.6 is 11.8 Å². The van der Waals surface area contributed by atoms with Gasteiger partial charge in [-0.2, -0.15) is 0 Å². The molecule has 0 bridgehead atoms. The van der Waals surface area contributed by atoms with Crippen LogP contribution in [0.25, 0.3) is 0 Å². The van der Waals surface area contributed by atoms with Crippen LogP contribution in [-0.2, 0) is 4.79 Å². The number of rotatable bonds is 8. The number of nitrogens with zero attached hydrogens (tertiary/aromatic N) is 1. The predicted octanol–water partition coefficient (Wildman–Crippen LogP) is 2.68. The third kappa shape index (κ3) is 5.46. The van der Waals surface area contributed by atoms with Gasteiger partial charge in [-0.3, -0.25) is 4.79 Å². The summed E-state index contributed by atoms with van der Waals surface area (Å²) in [5.74, 6) is -1.22. The molecule has 20 heavy (non-hydrogen) atoms. The van der Waals surface area contributed by atoms with Gasteiger partial charge >= 0.3 is 0 Å². The lowest BCUT2D eigenvalue weighted by Crippen LogP contribution is -2.32. The molecule has 1 amide bonds. The highest BCUT2D eigenvalue weighted by atomic mass is 32.2. The van der Waals surface area contributed by atoms with Crippen LogP contribution in [0.3, 0.4) is 0 Å². The van der Waals surface area contributed by atoms with Crippen molar-refractivity contribution in [1.82, 2.24) is 4.90 Å². The first-order valence-electron chi connectivity index (χ1n) is 6.55. The number of aliphatic hydroxyl groups excluding tert-OH is 1. The van der Waals surface area contributed by atoms with Crippen molar-refractivity contribution >= 4 is 17.7 Å². The fraction of sp³-hybridized carbons (Fsp3) is 0.500. The summed E-state index contributed by atoms with van der Waals surface area (Å²) in [5, 5.41) is 8.76. The Morgan fingerprint density at radius 1 is 1.35 bits per heavy atom. The quantitative estimate of drug-likeness (QED) is 0.751. The fourth-order valence-corrected chi connectivity index (χ4v) is 2.57. The normalized spacial score (nSPS) is 10.6. The lowest BCUT2D eigenvalue weighted by molar-refractivity contribution is -0.130. The summed E-state index contributed by atoms with van der Waals surface area (Å²) < 4.78 is 25.8. The van der Waals surface area contributed by atoms with Gasteiger partial charge in [-0.1, -0.05) is 0 Å². The van der Waals surface area contributed by atoms with Gasteiger partial charge in [0, 0.05) is 36.8 Å². The summed E-state index contributed by atoms with van der Waals surface area (Å²) in [6.07, 6.45) is 0.902. The zero-order chi connectivity index (χ0) is 15.0. The van der Waals surface area contributed by atoms with E-state index in [1.165, 1.54) is 17.8 Å². The summed E-state index contributed by atoms with van der Waals surface area (Å²) in [6.45, 7) is 3.10. The Kier molecular flexibility index (Phi) is 7.54. The Labute approximate surface area is 122 Å². The van der Waals surface area contributed by atoms with E-state index in [1.54, 1.807) is 4.90 Å². The molecule has 0 aromatic heterocycles. The van der Waals surface area contributed by atoms with Crippen LogP contribution in [0.4, 0.5) is 8.78 Å². The van der Waals surface area contributed by atoms with Crippen LogP contribution in [0.1, 0.15) is 19.8 Å². The maximum Gasteiger partial charge on any atom is 0.223 e. The van der Waals surface area contributed by atoms with Gasteiger partial charge in [-0.25, -0.2) is 8.78 Å². The Balaban J connectivity index is 2.38. The van der Waals surface area contributed by atoms with Gasteiger partial charge < -0.3 is 10.0 Å². The minimum absolute atomic E-state index is 0.0102. The Morgan fingerprint density at radius 3 is 2.70 bits per heavy atom. The molecule has 1 N–H and O–H groups in total. The SMILES string of the molecule is CCN(CCCO)C(=O)CCSc1ccc(F)c(F)c1. The second kappa shape index (κ2) is 8.92. The highest BCUT2D eigenvalue weighted by Gasteiger charge is 2.11. The van der Waals surface area contributed by atoms with Gasteiger partial charge in [0.2, 0.25) is 5.91 Å². The van der Waals surface area contributed by atoms with E-state index in [0.29, 0.717) is 36.6 Å². The summed E-state index contributed by atoms with van der Waals surface area (Å²) in [6, 6.07) is 3.71. The summed E-state index contributed by atoms with van der Waals surface area (Å²) in [5.41, 5.74) is 0. The first-order chi connectivity index (χ1) is 9.58. The smallest absolute Gasteiger partial charge is 0.223 e. The van der Waals surface area contributed by atoms with E-state index in [1.807, 2.05) is 6.92 Å². The van der Waals surface area contributed by atoms with Crippen molar-refractivity contribution in [3.8, 4) is 0 Å². The van der Waals surface area contributed by atoms with E-state index in [2.05, 4.69) is 0 Å². The van der Waals surface area contributed by atoms with Crippen molar-refractivity contribution in [2.45, 2.75) is 24.7 Å². The molecule has 0 fully saturated rings. The first-order valence-corrected chi connectivity index (χ1v) is 7.53. The van der Waals surface area contributed by atoms with Crippen LogP contribution in [-0.4, -0.2) is 41.4 Å². The number of aliphatic hydroxyl groups is 1. The molecule has 0 aliphatic rings. The van der Waals surface area contributed by atoms with Crippen LogP contribution in [0.2, 0.25) is 0 Å². The molecule has 0 saturated carbocycles. The fourth-order valence-electron chi connectivity index (χ4n) is 1.70. The van der Waals surface area contributed by atoms with Gasteiger partial charge in [0.15, 0.2) is 11.6 Å². The van der Waals surface area contributed by atoms with Crippen LogP contribution < -0.4 is 0 Å². The molecular weight excluding hydrogens is 284 g/mol. The Morgan fingerprint density at radius 2 is 2.10 bits per heavy atom. The Hall–Kier alpha value is -1.14. The first kappa shape index (κ1) is 16.9. The molecule has 1 rings (SSSR count). The second-order valence-electron chi connectivity index (χ2n) is 4.22. The highest BCUT2D eigenvalue weighted by Crippen LogP contribution is 2.21. The molecule has 1 aromatic rings. The van der Waals surface area contributed by atoms with Gasteiger partial charge in [0.1, 0.15) is 0 Å². The number of amides is 1. The third-order valence-corrected chi connectivity index (χ3v) is 3.79. The monoisotopic (exact) mass is 303 g/mol. The number of hydrogen-bond acceptors (Lipinski definition) is 3. The lowest BCUT2D eigenvalue weighted by atomic mass is 10.3. The standard InChI is InChI=1S/C14H19F2NO2S/c1-2-17(7-3-8-18)14(19)6-9-20-11-4-5-12(15)13(16)10-11/h4-5,10,18H,2-3,6-9H2,1H3. The number of carbonyl (C=O) groups is 1. The average molecular weight is 303 g/mol. The van der Waals surface area contributed by atoms with E-state index in [9.17, 15) is 13.6 Å². The van der Waals surface area contributed by atoms with Gasteiger partial charge in [-0.15, -0.1) is 11.8 Å². The minimum Gasteiger partial charge on any atom is -0.396 e. The number of thioether (sulfide) groups is 1. The third-order valence-electron chi connectivity index (χ3n) is 2.80. The molecule has 6 heteroatoms. The molecule has 0 radical (unpaired) electrons. The van der Waals surface area contributed by atoms with Crippen LogP contribution in [0.15, 0.2) is 23.1 Å². The zero-order valence-electron chi connectivity index (χ0n) is 11.4. The van der Waals surface area contributed by atoms with Crippen LogP contribution in [0, 0.1) is 11.6 Å². The molecule has 0 atom stereocenters. The number of hydrogen-bond donors (Lipinski definition) is 1. The van der Waals surface area contributed by atoms with Crippen molar-refractivity contribution in [2.75, 3.05) is 25.4 Å². The van der Waals surface area contributed by atoms with Crippen molar-refractivity contribution in [1.29, 1.82) is 0 Å². The molecule has 3 nitrogen and oxygen atoms in total. The molecule has 112 valence electrons. The summed E-state index contributed by atoms with van der Waals surface area (Å²) in [7, 11) is 0. The zero-order valence-corrected chi connectivity index (χ0v) is 12.3. The second-order valence-corrected chi connectivity index (χ2v) is 5.39. The molecule has 0 spiro atoms. The van der Waals surface area contributed by atoms with Crippen molar-refractivity contribution < 1.29 is 18.7 Å². The summed E-state index contributed by atoms with van der Waals surface area (Å²) in [4.78, 5) is 14.2. The molecule has 0 saturated heterocycles. The molecular formula is C14H19F2NO2S. The van der Waals surface area contributed by atoms with E-state index in [4.69, 9.17) is 5.11 Å². The van der Waals surface area contributed by atoms with Crippen molar-refractivity contribution in [3.05, 3.63) is 29.8 Å². The predicted molar refractivity (Wildman–Crippen MR) is 75.7 cm³/mol. The number of benzene rings is 1. The Bertz CT molecular complexity index is 443. The molecule has 0 aliphatic heterocycles. The maximum absolute atomic E-state index is 13.0. The van der Waals surface area contributed by atoms with Crippen LogP contribution in [0.5, 0.6) is 0 Å². The molecule has 0 heterocycles. The van der Waals surface area contributed by atoms with E-state index >= 15 is 0 Å². The van der Waals surface area contributed by atoms with E-state index in [0.717, 1.165) is 12.1 Å². The molecule has 1 aromatic carbocycles. The topological polar surface area (TPSA) is 40.5 Å². The number of carbonyl (C=O) groups excluding carboxylic acids is 1. The minimum atomic E-state index is -0.876. The van der Waals surface area contributed by atoms with Gasteiger partial charge in [-0.05, 0) is 31.5 Å². The number of halogens is 2. The summed E-state index contributed by atoms with van der Waals surface area (Å²) >= 11 is 1.32. The van der Waals surface area contributed by atoms with Gasteiger partial charge in [0.25, 0.3) is 0 Å². The molecule has 0 unspecified atom stereocenters. The highest BCUT2D eigenvalue weighted by molar-refractivity contribution is 7.99. The maximum atomic E-state index is 13.0. The largest absolute Gasteiger partial charge is 0.396 e. The van der Waals surface area contributed by atoms with E-state index in [-0.39, 0.29) is 12.5 Å². The molecule has 0 aliphatic carbocycles. The van der Waals surface area contributed by atoms with E-state index < -0.39 is 11.6 Å².